The Morgan fingerprint density at radius 3 is 2.31 bits per heavy atom. The molecular weight excluding hydrogens is 528 g/mol. The van der Waals surface area contributed by atoms with Gasteiger partial charge in [0.25, 0.3) is 5.91 Å². The minimum Gasteiger partial charge on any atom is -0.493 e. The lowest BCUT2D eigenvalue weighted by Crippen LogP contribution is -2.32. The SMILES string of the molecule is COc1cc(/C=C2/SC(=Nc3ccccc3)N([C@@H](C)c3ccccc3)C2=O)ccc1OCc1ccc(Cl)cc1. The molecule has 196 valence electrons. The maximum absolute atomic E-state index is 13.7. The second kappa shape index (κ2) is 12.2. The molecule has 1 aliphatic heterocycles. The first-order valence-corrected chi connectivity index (χ1v) is 13.7. The number of methoxy groups -OCH3 is 1. The van der Waals surface area contributed by atoms with Crippen LogP contribution in [-0.2, 0) is 11.4 Å². The molecule has 0 saturated carbocycles. The van der Waals surface area contributed by atoms with Gasteiger partial charge in [0, 0.05) is 5.02 Å². The number of amidine groups is 1. The number of benzene rings is 4. The molecule has 1 fully saturated rings. The highest BCUT2D eigenvalue weighted by Crippen LogP contribution is 2.40. The van der Waals surface area contributed by atoms with E-state index in [1.807, 2.05) is 116 Å². The normalized spacial score (nSPS) is 16.1. The van der Waals surface area contributed by atoms with Crippen LogP contribution < -0.4 is 9.47 Å². The van der Waals surface area contributed by atoms with Gasteiger partial charge in [-0.2, -0.15) is 0 Å². The van der Waals surface area contributed by atoms with Crippen LogP contribution in [0.2, 0.25) is 5.02 Å². The molecule has 1 aliphatic rings. The van der Waals surface area contributed by atoms with E-state index in [1.54, 1.807) is 12.0 Å². The zero-order valence-electron chi connectivity index (χ0n) is 21.6. The molecule has 7 heteroatoms. The van der Waals surface area contributed by atoms with Crippen LogP contribution in [-0.4, -0.2) is 23.1 Å². The minimum atomic E-state index is -0.183. The average molecular weight is 555 g/mol. The van der Waals surface area contributed by atoms with E-state index in [2.05, 4.69) is 0 Å². The van der Waals surface area contributed by atoms with Crippen molar-refractivity contribution in [2.24, 2.45) is 4.99 Å². The van der Waals surface area contributed by atoms with Gasteiger partial charge in [-0.05, 0) is 77.9 Å². The van der Waals surface area contributed by atoms with Crippen molar-refractivity contribution >= 4 is 46.2 Å². The molecule has 1 amide bonds. The number of carbonyl (C=O) groups is 1. The standard InChI is InChI=1S/C32H27ClN2O3S/c1-22(25-9-5-3-6-10-25)35-31(36)30(39-32(35)34-27-11-7-4-8-12-27)20-24-15-18-28(29(19-24)37-2)38-21-23-13-16-26(33)17-14-23/h3-20,22H,21H2,1-2H3/b30-20+,34-32?/t22-/m0/s1. The molecule has 0 aromatic heterocycles. The van der Waals surface area contributed by atoms with Crippen molar-refractivity contribution < 1.29 is 14.3 Å². The number of para-hydroxylation sites is 1. The van der Waals surface area contributed by atoms with E-state index in [0.717, 1.165) is 22.4 Å². The van der Waals surface area contributed by atoms with E-state index in [0.29, 0.717) is 33.2 Å². The number of nitrogens with zero attached hydrogens (tertiary/aromatic N) is 2. The first-order valence-electron chi connectivity index (χ1n) is 12.5. The molecule has 0 radical (unpaired) electrons. The van der Waals surface area contributed by atoms with E-state index in [1.165, 1.54) is 11.8 Å². The number of rotatable bonds is 8. The summed E-state index contributed by atoms with van der Waals surface area (Å²) in [6, 6.07) is 32.6. The zero-order chi connectivity index (χ0) is 27.2. The summed E-state index contributed by atoms with van der Waals surface area (Å²) in [4.78, 5) is 20.9. The number of ether oxygens (including phenoxy) is 2. The van der Waals surface area contributed by atoms with Gasteiger partial charge in [-0.25, -0.2) is 4.99 Å². The van der Waals surface area contributed by atoms with Crippen LogP contribution in [0.4, 0.5) is 5.69 Å². The van der Waals surface area contributed by atoms with Crippen LogP contribution >= 0.6 is 23.4 Å². The molecule has 1 heterocycles. The predicted octanol–water partition coefficient (Wildman–Crippen LogP) is 8.29. The van der Waals surface area contributed by atoms with Crippen molar-refractivity contribution in [2.75, 3.05) is 7.11 Å². The number of hydrogen-bond donors (Lipinski definition) is 0. The second-order valence-electron chi connectivity index (χ2n) is 8.93. The van der Waals surface area contributed by atoms with E-state index < -0.39 is 0 Å². The molecule has 39 heavy (non-hydrogen) atoms. The molecule has 1 atom stereocenters. The van der Waals surface area contributed by atoms with E-state index in [4.69, 9.17) is 26.1 Å². The number of amides is 1. The Kier molecular flexibility index (Phi) is 8.35. The summed E-state index contributed by atoms with van der Waals surface area (Å²) < 4.78 is 11.6. The monoisotopic (exact) mass is 554 g/mol. The Morgan fingerprint density at radius 1 is 0.923 bits per heavy atom. The van der Waals surface area contributed by atoms with E-state index in [9.17, 15) is 4.79 Å². The lowest BCUT2D eigenvalue weighted by atomic mass is 10.1. The van der Waals surface area contributed by atoms with E-state index >= 15 is 0 Å². The molecule has 4 aromatic carbocycles. The summed E-state index contributed by atoms with van der Waals surface area (Å²) in [5.74, 6) is 1.11. The van der Waals surface area contributed by atoms with Crippen molar-refractivity contribution in [1.82, 2.24) is 4.90 Å². The molecule has 0 bridgehead atoms. The Hall–Kier alpha value is -4.00. The third-order valence-corrected chi connectivity index (χ3v) is 7.52. The van der Waals surface area contributed by atoms with E-state index in [-0.39, 0.29) is 11.9 Å². The number of carbonyl (C=O) groups excluding carboxylic acids is 1. The lowest BCUT2D eigenvalue weighted by molar-refractivity contribution is -0.123. The Bertz CT molecular complexity index is 1510. The minimum absolute atomic E-state index is 0.0898. The fourth-order valence-corrected chi connectivity index (χ4v) is 5.38. The third-order valence-electron chi connectivity index (χ3n) is 6.28. The number of thioether (sulfide) groups is 1. The molecule has 0 aliphatic carbocycles. The molecule has 0 N–H and O–H groups in total. The zero-order valence-corrected chi connectivity index (χ0v) is 23.2. The largest absolute Gasteiger partial charge is 0.493 e. The highest BCUT2D eigenvalue weighted by atomic mass is 35.5. The average Bonchev–Trinajstić information content (AvgIpc) is 3.27. The molecule has 1 saturated heterocycles. The van der Waals surface area contributed by atoms with Crippen molar-refractivity contribution in [3.63, 3.8) is 0 Å². The molecule has 0 unspecified atom stereocenters. The summed E-state index contributed by atoms with van der Waals surface area (Å²) in [6.45, 7) is 2.40. The smallest absolute Gasteiger partial charge is 0.267 e. The van der Waals surface area contributed by atoms with Crippen LogP contribution in [0.5, 0.6) is 11.5 Å². The van der Waals surface area contributed by atoms with Crippen molar-refractivity contribution in [3.05, 3.63) is 130 Å². The van der Waals surface area contributed by atoms with Crippen LogP contribution in [0.15, 0.2) is 113 Å². The molecule has 5 rings (SSSR count). The molecular formula is C32H27ClN2O3S. The second-order valence-corrected chi connectivity index (χ2v) is 10.4. The quantitative estimate of drug-likeness (QED) is 0.206. The van der Waals surface area contributed by atoms with Gasteiger partial charge < -0.3 is 9.47 Å². The Morgan fingerprint density at radius 2 is 1.62 bits per heavy atom. The molecule has 4 aromatic rings. The maximum atomic E-state index is 13.7. The first-order chi connectivity index (χ1) is 19.0. The maximum Gasteiger partial charge on any atom is 0.267 e. The number of halogens is 1. The van der Waals surface area contributed by atoms with Crippen LogP contribution in [0.1, 0.15) is 29.7 Å². The van der Waals surface area contributed by atoms with Crippen LogP contribution in [0, 0.1) is 0 Å². The summed E-state index contributed by atoms with van der Waals surface area (Å²) in [5, 5.41) is 1.32. The number of hydrogen-bond acceptors (Lipinski definition) is 5. The van der Waals surface area contributed by atoms with Crippen LogP contribution in [0.3, 0.4) is 0 Å². The van der Waals surface area contributed by atoms with Crippen molar-refractivity contribution in [2.45, 2.75) is 19.6 Å². The molecule has 0 spiro atoms. The highest BCUT2D eigenvalue weighted by Gasteiger charge is 2.37. The molecule has 5 nitrogen and oxygen atoms in total. The summed E-state index contributed by atoms with van der Waals surface area (Å²) in [5.41, 5.74) is 3.66. The van der Waals surface area contributed by atoms with Gasteiger partial charge >= 0.3 is 0 Å². The van der Waals surface area contributed by atoms with Gasteiger partial charge in [-0.1, -0.05) is 78.3 Å². The van der Waals surface area contributed by atoms with Crippen molar-refractivity contribution in [3.8, 4) is 11.5 Å². The predicted molar refractivity (Wildman–Crippen MR) is 160 cm³/mol. The lowest BCUT2D eigenvalue weighted by Gasteiger charge is -2.24. The van der Waals surface area contributed by atoms with Gasteiger partial charge in [0.1, 0.15) is 6.61 Å². The first kappa shape index (κ1) is 26.6. The summed E-state index contributed by atoms with van der Waals surface area (Å²) in [7, 11) is 1.60. The van der Waals surface area contributed by atoms with Gasteiger partial charge in [-0.15, -0.1) is 0 Å². The van der Waals surface area contributed by atoms with Gasteiger partial charge in [0.15, 0.2) is 16.7 Å². The fraction of sp³-hybridized carbons (Fsp3) is 0.125. The Labute approximate surface area is 237 Å². The Balaban J connectivity index is 1.42. The van der Waals surface area contributed by atoms with Crippen LogP contribution in [0.25, 0.3) is 6.08 Å². The van der Waals surface area contributed by atoms with Crippen molar-refractivity contribution in [1.29, 1.82) is 0 Å². The van der Waals surface area contributed by atoms with Gasteiger partial charge in [-0.3, -0.25) is 9.69 Å². The third kappa shape index (κ3) is 6.36. The van der Waals surface area contributed by atoms with Gasteiger partial charge in [0.2, 0.25) is 0 Å². The summed E-state index contributed by atoms with van der Waals surface area (Å²) in [6.07, 6.45) is 1.87. The van der Waals surface area contributed by atoms with Gasteiger partial charge in [0.05, 0.1) is 23.7 Å². The number of aliphatic imine (C=N–C) groups is 1. The fourth-order valence-electron chi connectivity index (χ4n) is 4.19. The highest BCUT2D eigenvalue weighted by molar-refractivity contribution is 8.18. The topological polar surface area (TPSA) is 51.1 Å². The summed E-state index contributed by atoms with van der Waals surface area (Å²) >= 11 is 7.35.